The number of carbonyl (C=O) groups excluding carboxylic acids is 2. The van der Waals surface area contributed by atoms with E-state index in [1.807, 2.05) is 73.9 Å². The van der Waals surface area contributed by atoms with Crippen molar-refractivity contribution < 1.29 is 53.6 Å². The number of alkyl halides is 1. The molecule has 12 nitrogen and oxygen atoms in total. The smallest absolute Gasteiger partial charge is 0.253 e. The van der Waals surface area contributed by atoms with Crippen molar-refractivity contribution in [3.8, 4) is 23.0 Å². The van der Waals surface area contributed by atoms with E-state index in [2.05, 4.69) is 36.4 Å². The zero-order valence-electron chi connectivity index (χ0n) is 41.3. The molecule has 67 heavy (non-hydrogen) atoms. The average molecular weight is 928 g/mol. The Morgan fingerprint density at radius 1 is 0.642 bits per heavy atom. The van der Waals surface area contributed by atoms with Gasteiger partial charge in [-0.2, -0.15) is 0 Å². The fraction of sp³-hybridized carbons (Fsp3) is 0.519. The highest BCUT2D eigenvalue weighted by atomic mass is 19.1. The van der Waals surface area contributed by atoms with Gasteiger partial charge in [-0.15, -0.1) is 0 Å². The van der Waals surface area contributed by atoms with Gasteiger partial charge < -0.3 is 48.1 Å². The Morgan fingerprint density at radius 3 is 1.43 bits per heavy atom. The van der Waals surface area contributed by atoms with Crippen LogP contribution in [0.25, 0.3) is 0 Å². The van der Waals surface area contributed by atoms with E-state index in [-0.39, 0.29) is 53.5 Å². The van der Waals surface area contributed by atoms with Crippen LogP contribution in [0.5, 0.6) is 23.0 Å². The van der Waals surface area contributed by atoms with E-state index in [0.29, 0.717) is 86.0 Å². The lowest BCUT2D eigenvalue weighted by molar-refractivity contribution is -0.186. The summed E-state index contributed by atoms with van der Waals surface area (Å²) in [5.41, 5.74) is 2.83. The second kappa shape index (κ2) is 23.7. The van der Waals surface area contributed by atoms with Crippen LogP contribution in [0, 0.1) is 0 Å². The highest BCUT2D eigenvalue weighted by molar-refractivity contribution is 5.95. The Bertz CT molecular complexity index is 2200. The maximum absolute atomic E-state index is 13.2. The van der Waals surface area contributed by atoms with Crippen molar-refractivity contribution in [2.45, 2.75) is 127 Å². The average Bonchev–Trinajstić information content (AvgIpc) is 3.34. The lowest BCUT2D eigenvalue weighted by atomic mass is 9.80. The van der Waals surface area contributed by atoms with Crippen LogP contribution in [-0.4, -0.2) is 117 Å². The van der Waals surface area contributed by atoms with Crippen LogP contribution in [-0.2, 0) is 14.2 Å². The molecule has 364 valence electrons. The monoisotopic (exact) mass is 928 g/mol. The Hall–Kier alpha value is -5.21. The van der Waals surface area contributed by atoms with Gasteiger partial charge in [0.15, 0.2) is 23.0 Å². The number of carbonyl (C=O) groups is 2. The SMILES string of the molecule is COc1cc(C(=O)N2CCC3(CC2)CC(O)CC(c2ccccc2)O3)ccc1OC(C)C.COc1cc(C(=O)N2CCC3(CC2)CC(OC)CC(c2ccccc2)O3)ccc1OC(C)C.[2H]CF. The summed E-state index contributed by atoms with van der Waals surface area (Å²) < 4.78 is 57.0. The Morgan fingerprint density at radius 2 is 1.04 bits per heavy atom. The maximum atomic E-state index is 13.2. The zero-order valence-corrected chi connectivity index (χ0v) is 40.3. The number of aliphatic hydroxyl groups is 1. The van der Waals surface area contributed by atoms with Gasteiger partial charge in [0.1, 0.15) is 0 Å². The molecule has 1 N–H and O–H groups in total. The van der Waals surface area contributed by atoms with Crippen LogP contribution in [0.4, 0.5) is 4.39 Å². The number of methoxy groups -OCH3 is 3. The fourth-order valence-electron chi connectivity index (χ4n) is 9.76. The summed E-state index contributed by atoms with van der Waals surface area (Å²) in [7, 11) is 3.96. The number of nitrogens with zero attached hydrogens (tertiary/aromatic N) is 2. The number of halogens is 1. The molecule has 0 aromatic heterocycles. The number of aliphatic hydroxyl groups excluding tert-OH is 1. The van der Waals surface area contributed by atoms with E-state index >= 15 is 0 Å². The molecule has 0 saturated carbocycles. The molecule has 0 bridgehead atoms. The molecular formula is C54H71FN2O10. The van der Waals surface area contributed by atoms with Crippen molar-refractivity contribution in [1.82, 2.24) is 9.80 Å². The lowest BCUT2D eigenvalue weighted by Crippen LogP contribution is -2.52. The second-order valence-corrected chi connectivity index (χ2v) is 18.4. The van der Waals surface area contributed by atoms with Gasteiger partial charge in [-0.1, -0.05) is 60.7 Å². The van der Waals surface area contributed by atoms with Gasteiger partial charge >= 0.3 is 0 Å². The van der Waals surface area contributed by atoms with Crippen molar-refractivity contribution >= 4 is 11.8 Å². The molecule has 13 heteroatoms. The van der Waals surface area contributed by atoms with E-state index in [9.17, 15) is 19.1 Å². The highest BCUT2D eigenvalue weighted by Crippen LogP contribution is 2.45. The summed E-state index contributed by atoms with van der Waals surface area (Å²) in [6.45, 7) is 10.3. The number of likely N-dealkylation sites (tertiary alicyclic amines) is 2. The molecule has 4 aromatic rings. The molecule has 4 fully saturated rings. The van der Waals surface area contributed by atoms with Crippen LogP contribution < -0.4 is 18.9 Å². The molecule has 4 aliphatic heterocycles. The summed E-state index contributed by atoms with van der Waals surface area (Å²) in [4.78, 5) is 30.2. The largest absolute Gasteiger partial charge is 0.493 e. The molecule has 4 atom stereocenters. The third-order valence-electron chi connectivity index (χ3n) is 13.1. The minimum atomic E-state index is -1.00. The van der Waals surface area contributed by atoms with Gasteiger partial charge in [0.25, 0.3) is 11.8 Å². The summed E-state index contributed by atoms with van der Waals surface area (Å²) in [5.74, 6) is 2.40. The number of rotatable bonds is 11. The quantitative estimate of drug-likeness (QED) is 0.155. The van der Waals surface area contributed by atoms with Gasteiger partial charge in [0.2, 0.25) is 0 Å². The van der Waals surface area contributed by atoms with E-state index in [0.717, 1.165) is 31.2 Å². The van der Waals surface area contributed by atoms with Crippen molar-refractivity contribution in [2.75, 3.05) is 54.7 Å². The first-order chi connectivity index (χ1) is 32.7. The molecular weight excluding hydrogens is 856 g/mol. The number of ether oxygens (including phenoxy) is 7. The zero-order chi connectivity index (χ0) is 48.8. The van der Waals surface area contributed by atoms with Crippen molar-refractivity contribution in [3.63, 3.8) is 0 Å². The normalized spacial score (nSPS) is 22.2. The molecule has 8 rings (SSSR count). The third kappa shape index (κ3) is 13.1. The first-order valence-electron chi connectivity index (χ1n) is 24.2. The minimum absolute atomic E-state index is 0.0120. The fourth-order valence-corrected chi connectivity index (χ4v) is 9.76. The minimum Gasteiger partial charge on any atom is -0.493 e. The van der Waals surface area contributed by atoms with Crippen molar-refractivity contribution in [3.05, 3.63) is 119 Å². The number of piperidine rings is 2. The summed E-state index contributed by atoms with van der Waals surface area (Å²) in [6.07, 6.45) is 5.70. The highest BCUT2D eigenvalue weighted by Gasteiger charge is 2.46. The molecule has 0 aliphatic carbocycles. The Labute approximate surface area is 398 Å². The van der Waals surface area contributed by atoms with Gasteiger partial charge in [-0.3, -0.25) is 14.0 Å². The summed E-state index contributed by atoms with van der Waals surface area (Å²) in [5, 5.41) is 10.6. The molecule has 2 spiro atoms. The van der Waals surface area contributed by atoms with E-state index in [1.54, 1.807) is 45.6 Å². The van der Waals surface area contributed by atoms with Gasteiger partial charge in [-0.05, 0) is 101 Å². The van der Waals surface area contributed by atoms with Crippen LogP contribution >= 0.6 is 0 Å². The lowest BCUT2D eigenvalue weighted by Gasteiger charge is -2.48. The molecule has 0 radical (unpaired) electrons. The van der Waals surface area contributed by atoms with Crippen molar-refractivity contribution in [1.29, 1.82) is 0 Å². The van der Waals surface area contributed by atoms with Crippen LogP contribution in [0.2, 0.25) is 0 Å². The number of hydrogen-bond acceptors (Lipinski definition) is 10. The Balaban J connectivity index is 0.000000212. The van der Waals surface area contributed by atoms with E-state index in [4.69, 9.17) is 34.5 Å². The number of hydrogen-bond donors (Lipinski definition) is 1. The van der Waals surface area contributed by atoms with Gasteiger partial charge in [0.05, 0.1) is 70.6 Å². The predicted octanol–water partition coefficient (Wildman–Crippen LogP) is 9.98. The predicted molar refractivity (Wildman–Crippen MR) is 256 cm³/mol. The second-order valence-electron chi connectivity index (χ2n) is 18.4. The molecule has 4 unspecified atom stereocenters. The van der Waals surface area contributed by atoms with E-state index in [1.165, 1.54) is 5.56 Å². The molecule has 2 amide bonds. The standard InChI is InChI=1S/C27H35NO5.C26H33NO5.CH3F/c1-19(2)32-23-11-10-21(16-25(23)31-4)26(29)28-14-12-27(13-15-28)18-22(30-3)17-24(33-27)20-8-6-5-7-9-20;1-18(2)31-22-10-9-20(15-24(22)30-3)25(29)27-13-11-26(12-14-27)17-21(28)16-23(32-26)19-7-5-4-6-8-19;1-2/h5-11,16,19,22,24H,12-15,17-18H2,1-4H3;4-10,15,18,21,23,28H,11-14,16-17H2,1-3H3;1H3/i;;1D. The van der Waals surface area contributed by atoms with Crippen LogP contribution in [0.3, 0.4) is 0 Å². The number of amides is 2. The van der Waals surface area contributed by atoms with Crippen molar-refractivity contribution in [2.24, 2.45) is 0 Å². The van der Waals surface area contributed by atoms with Gasteiger partial charge in [0, 0.05) is 70.1 Å². The molecule has 4 saturated heterocycles. The van der Waals surface area contributed by atoms with Gasteiger partial charge in [-0.25, -0.2) is 0 Å². The maximum Gasteiger partial charge on any atom is 0.253 e. The first kappa shape index (κ1) is 49.7. The first-order valence-corrected chi connectivity index (χ1v) is 23.5. The number of benzene rings is 4. The third-order valence-corrected chi connectivity index (χ3v) is 13.1. The van der Waals surface area contributed by atoms with Crippen LogP contribution in [0.1, 0.15) is 124 Å². The van der Waals surface area contributed by atoms with E-state index < -0.39 is 13.3 Å². The topological polar surface area (TPSA) is 125 Å². The Kier molecular flexibility index (Phi) is 17.6. The van der Waals surface area contributed by atoms with Crippen LogP contribution in [0.15, 0.2) is 97.1 Å². The summed E-state index contributed by atoms with van der Waals surface area (Å²) in [6, 6.07) is 31.2. The molecule has 4 aliphatic rings. The molecule has 4 heterocycles. The molecule has 4 aromatic carbocycles. The summed E-state index contributed by atoms with van der Waals surface area (Å²) >= 11 is 0.